The quantitative estimate of drug-likeness (QED) is 0.925. The highest BCUT2D eigenvalue weighted by Gasteiger charge is 2.25. The van der Waals surface area contributed by atoms with Crippen molar-refractivity contribution < 1.29 is 14.3 Å². The Bertz CT molecular complexity index is 476. The van der Waals surface area contributed by atoms with Gasteiger partial charge in [0, 0.05) is 25.6 Å². The molecule has 1 aliphatic rings. The maximum absolute atomic E-state index is 12.1. The fourth-order valence-electron chi connectivity index (χ4n) is 2.40. The molecule has 0 aromatic heterocycles. The van der Waals surface area contributed by atoms with Crippen LogP contribution in [-0.4, -0.2) is 36.0 Å². The number of carbonyl (C=O) groups excluding carboxylic acids is 2. The minimum absolute atomic E-state index is 0.0273. The number of hydrogen-bond donors (Lipinski definition) is 1. The number of ether oxygens (including phenoxy) is 1. The van der Waals surface area contributed by atoms with Crippen LogP contribution in [0, 0.1) is 0 Å². The van der Waals surface area contributed by atoms with E-state index >= 15 is 0 Å². The second-order valence-electron chi connectivity index (χ2n) is 5.25. The SMILES string of the molecule is CCC(=O)NC1CCCN(C(=O)OCc2ccccc2)C1. The monoisotopic (exact) mass is 290 g/mol. The minimum Gasteiger partial charge on any atom is -0.445 e. The molecule has 1 heterocycles. The third-order valence-electron chi connectivity index (χ3n) is 3.57. The zero-order chi connectivity index (χ0) is 15.1. The molecular weight excluding hydrogens is 268 g/mol. The van der Waals surface area contributed by atoms with Crippen molar-refractivity contribution in [2.24, 2.45) is 0 Å². The minimum atomic E-state index is -0.311. The van der Waals surface area contributed by atoms with E-state index in [2.05, 4.69) is 5.32 Å². The molecule has 0 radical (unpaired) electrons. The summed E-state index contributed by atoms with van der Waals surface area (Å²) >= 11 is 0. The van der Waals surface area contributed by atoms with Crippen molar-refractivity contribution in [3.63, 3.8) is 0 Å². The van der Waals surface area contributed by atoms with Crippen molar-refractivity contribution in [1.29, 1.82) is 0 Å². The van der Waals surface area contributed by atoms with Crippen LogP contribution in [0.25, 0.3) is 0 Å². The molecule has 0 spiro atoms. The number of benzene rings is 1. The van der Waals surface area contributed by atoms with Gasteiger partial charge in [0.05, 0.1) is 0 Å². The molecule has 1 fully saturated rings. The van der Waals surface area contributed by atoms with Gasteiger partial charge in [-0.15, -0.1) is 0 Å². The number of carbonyl (C=O) groups is 2. The predicted octanol–water partition coefficient (Wildman–Crippen LogP) is 2.31. The van der Waals surface area contributed by atoms with Crippen LogP contribution in [0.4, 0.5) is 4.79 Å². The van der Waals surface area contributed by atoms with Crippen LogP contribution in [0.3, 0.4) is 0 Å². The maximum Gasteiger partial charge on any atom is 0.410 e. The Morgan fingerprint density at radius 3 is 2.81 bits per heavy atom. The summed E-state index contributed by atoms with van der Waals surface area (Å²) < 4.78 is 5.32. The number of piperidine rings is 1. The molecule has 2 rings (SSSR count). The molecule has 1 unspecified atom stereocenters. The Kier molecular flexibility index (Phi) is 5.60. The fraction of sp³-hybridized carbons (Fsp3) is 0.500. The van der Waals surface area contributed by atoms with Crippen molar-refractivity contribution in [1.82, 2.24) is 10.2 Å². The van der Waals surface area contributed by atoms with E-state index in [9.17, 15) is 9.59 Å². The number of rotatable bonds is 4. The van der Waals surface area contributed by atoms with Crippen molar-refractivity contribution in [2.75, 3.05) is 13.1 Å². The molecule has 21 heavy (non-hydrogen) atoms. The molecule has 1 atom stereocenters. The topological polar surface area (TPSA) is 58.6 Å². The maximum atomic E-state index is 12.1. The molecular formula is C16H22N2O3. The lowest BCUT2D eigenvalue weighted by Crippen LogP contribution is -2.49. The molecule has 5 heteroatoms. The first-order chi connectivity index (χ1) is 10.2. The lowest BCUT2D eigenvalue weighted by atomic mass is 10.1. The van der Waals surface area contributed by atoms with Gasteiger partial charge < -0.3 is 15.0 Å². The largest absolute Gasteiger partial charge is 0.445 e. The molecule has 1 aromatic rings. The van der Waals surface area contributed by atoms with Gasteiger partial charge in [0.2, 0.25) is 5.91 Å². The van der Waals surface area contributed by atoms with Crippen LogP contribution >= 0.6 is 0 Å². The first-order valence-corrected chi connectivity index (χ1v) is 7.44. The molecule has 2 amide bonds. The predicted molar refractivity (Wildman–Crippen MR) is 79.7 cm³/mol. The Labute approximate surface area is 125 Å². The van der Waals surface area contributed by atoms with E-state index in [1.165, 1.54) is 0 Å². The van der Waals surface area contributed by atoms with Gasteiger partial charge in [0.25, 0.3) is 0 Å². The first kappa shape index (κ1) is 15.4. The van der Waals surface area contributed by atoms with E-state index in [1.54, 1.807) is 4.90 Å². The third-order valence-corrected chi connectivity index (χ3v) is 3.57. The molecule has 1 aromatic carbocycles. The van der Waals surface area contributed by atoms with Crippen LogP contribution in [0.5, 0.6) is 0 Å². The van der Waals surface area contributed by atoms with E-state index in [-0.39, 0.29) is 24.6 Å². The summed E-state index contributed by atoms with van der Waals surface area (Å²) in [5.74, 6) is 0.0273. The number of nitrogens with one attached hydrogen (secondary N) is 1. The van der Waals surface area contributed by atoms with Crippen LogP contribution < -0.4 is 5.32 Å². The molecule has 0 aliphatic carbocycles. The van der Waals surface area contributed by atoms with Crippen LogP contribution in [-0.2, 0) is 16.1 Å². The van der Waals surface area contributed by atoms with Crippen molar-refractivity contribution in [3.8, 4) is 0 Å². The van der Waals surface area contributed by atoms with Gasteiger partial charge in [-0.05, 0) is 18.4 Å². The molecule has 0 saturated carbocycles. The second kappa shape index (κ2) is 7.67. The summed E-state index contributed by atoms with van der Waals surface area (Å²) in [6, 6.07) is 9.65. The van der Waals surface area contributed by atoms with E-state index in [0.717, 1.165) is 18.4 Å². The summed E-state index contributed by atoms with van der Waals surface area (Å²) in [5.41, 5.74) is 0.971. The summed E-state index contributed by atoms with van der Waals surface area (Å²) in [5, 5.41) is 2.94. The van der Waals surface area contributed by atoms with Crippen molar-refractivity contribution in [2.45, 2.75) is 38.8 Å². The Morgan fingerprint density at radius 2 is 2.10 bits per heavy atom. The van der Waals surface area contributed by atoms with Gasteiger partial charge in [0.15, 0.2) is 0 Å². The van der Waals surface area contributed by atoms with Crippen LogP contribution in [0.1, 0.15) is 31.7 Å². The van der Waals surface area contributed by atoms with E-state index in [4.69, 9.17) is 4.74 Å². The van der Waals surface area contributed by atoms with E-state index in [0.29, 0.717) is 19.5 Å². The van der Waals surface area contributed by atoms with Gasteiger partial charge in [-0.3, -0.25) is 4.79 Å². The summed E-state index contributed by atoms with van der Waals surface area (Å²) in [6.07, 6.45) is 1.95. The molecule has 1 aliphatic heterocycles. The molecule has 1 N–H and O–H groups in total. The number of nitrogens with zero attached hydrogens (tertiary/aromatic N) is 1. The zero-order valence-electron chi connectivity index (χ0n) is 12.4. The van der Waals surface area contributed by atoms with Crippen molar-refractivity contribution >= 4 is 12.0 Å². The third kappa shape index (κ3) is 4.77. The van der Waals surface area contributed by atoms with Gasteiger partial charge in [-0.25, -0.2) is 4.79 Å². The number of likely N-dealkylation sites (tertiary alicyclic amines) is 1. The lowest BCUT2D eigenvalue weighted by molar-refractivity contribution is -0.121. The Balaban J connectivity index is 1.80. The van der Waals surface area contributed by atoms with Crippen LogP contribution in [0.2, 0.25) is 0 Å². The summed E-state index contributed by atoms with van der Waals surface area (Å²) in [6.45, 7) is 3.32. The summed E-state index contributed by atoms with van der Waals surface area (Å²) in [7, 11) is 0. The molecule has 114 valence electrons. The normalized spacial score (nSPS) is 18.1. The standard InChI is InChI=1S/C16H22N2O3/c1-2-15(19)17-14-9-6-10-18(11-14)16(20)21-12-13-7-4-3-5-8-13/h3-5,7-8,14H,2,6,9-12H2,1H3,(H,17,19). The Morgan fingerprint density at radius 1 is 1.33 bits per heavy atom. The van der Waals surface area contributed by atoms with Gasteiger partial charge >= 0.3 is 6.09 Å². The van der Waals surface area contributed by atoms with Gasteiger partial charge in [-0.1, -0.05) is 37.3 Å². The second-order valence-corrected chi connectivity index (χ2v) is 5.25. The smallest absolute Gasteiger partial charge is 0.410 e. The van der Waals surface area contributed by atoms with Crippen LogP contribution in [0.15, 0.2) is 30.3 Å². The van der Waals surface area contributed by atoms with E-state index in [1.807, 2.05) is 37.3 Å². The highest BCUT2D eigenvalue weighted by atomic mass is 16.6. The molecule has 0 bridgehead atoms. The number of amides is 2. The fourth-order valence-corrected chi connectivity index (χ4v) is 2.40. The average molecular weight is 290 g/mol. The highest BCUT2D eigenvalue weighted by Crippen LogP contribution is 2.12. The molecule has 5 nitrogen and oxygen atoms in total. The van der Waals surface area contributed by atoms with Gasteiger partial charge in [-0.2, -0.15) is 0 Å². The summed E-state index contributed by atoms with van der Waals surface area (Å²) in [4.78, 5) is 25.2. The Hall–Kier alpha value is -2.04. The lowest BCUT2D eigenvalue weighted by Gasteiger charge is -2.32. The molecule has 1 saturated heterocycles. The number of hydrogen-bond acceptors (Lipinski definition) is 3. The average Bonchev–Trinajstić information content (AvgIpc) is 2.53. The zero-order valence-corrected chi connectivity index (χ0v) is 12.4. The van der Waals surface area contributed by atoms with E-state index < -0.39 is 0 Å². The van der Waals surface area contributed by atoms with Crippen molar-refractivity contribution in [3.05, 3.63) is 35.9 Å². The van der Waals surface area contributed by atoms with Gasteiger partial charge in [0.1, 0.15) is 6.61 Å². The first-order valence-electron chi connectivity index (χ1n) is 7.44. The highest BCUT2D eigenvalue weighted by molar-refractivity contribution is 5.76.